The number of piperidine rings is 1. The number of carbonyl (C=O) groups excluding carboxylic acids is 1. The van der Waals surface area contributed by atoms with Gasteiger partial charge in [0, 0.05) is 31.9 Å². The second-order valence-electron chi connectivity index (χ2n) is 7.13. The molecule has 8 heteroatoms. The van der Waals surface area contributed by atoms with Gasteiger partial charge in [-0.15, -0.1) is 0 Å². The summed E-state index contributed by atoms with van der Waals surface area (Å²) in [7, 11) is 1.69. The van der Waals surface area contributed by atoms with Crippen LogP contribution in [0.4, 0.5) is 5.82 Å². The summed E-state index contributed by atoms with van der Waals surface area (Å²) in [6.07, 6.45) is 2.99. The van der Waals surface area contributed by atoms with Crippen LogP contribution in [0.5, 0.6) is 0 Å². The zero-order valence-electron chi connectivity index (χ0n) is 15.7. The summed E-state index contributed by atoms with van der Waals surface area (Å²) in [6, 6.07) is 1.91. The molecule has 0 aliphatic carbocycles. The van der Waals surface area contributed by atoms with Crippen molar-refractivity contribution in [3.63, 3.8) is 0 Å². The predicted octanol–water partition coefficient (Wildman–Crippen LogP) is 1.49. The molecular weight excluding hydrogens is 334 g/mol. The van der Waals surface area contributed by atoms with Gasteiger partial charge in [0.25, 0.3) is 5.91 Å². The Labute approximate surface area is 152 Å². The summed E-state index contributed by atoms with van der Waals surface area (Å²) >= 11 is 0. The van der Waals surface area contributed by atoms with Gasteiger partial charge in [-0.1, -0.05) is 5.16 Å². The number of rotatable bonds is 4. The van der Waals surface area contributed by atoms with Gasteiger partial charge in [0.1, 0.15) is 23.5 Å². The molecule has 1 N–H and O–H groups in total. The van der Waals surface area contributed by atoms with Crippen molar-refractivity contribution in [3.8, 4) is 0 Å². The molecule has 1 aliphatic rings. The number of hydrogen-bond donors (Lipinski definition) is 1. The van der Waals surface area contributed by atoms with Crippen LogP contribution >= 0.6 is 0 Å². The average molecular weight is 359 g/mol. The summed E-state index contributed by atoms with van der Waals surface area (Å²) in [5.74, 6) is 1.10. The molecule has 3 heterocycles. The maximum atomic E-state index is 12.7. The fourth-order valence-electron chi connectivity index (χ4n) is 3.54. The lowest BCUT2D eigenvalue weighted by Gasteiger charge is -2.41. The van der Waals surface area contributed by atoms with Gasteiger partial charge in [-0.3, -0.25) is 4.79 Å². The minimum Gasteiger partial charge on any atom is -0.386 e. The van der Waals surface area contributed by atoms with Crippen LogP contribution in [0.15, 0.2) is 16.9 Å². The van der Waals surface area contributed by atoms with E-state index in [1.54, 1.807) is 25.8 Å². The zero-order chi connectivity index (χ0) is 18.9. The van der Waals surface area contributed by atoms with E-state index in [0.717, 1.165) is 24.5 Å². The first-order valence-electron chi connectivity index (χ1n) is 8.73. The van der Waals surface area contributed by atoms with E-state index < -0.39 is 5.60 Å². The van der Waals surface area contributed by atoms with Gasteiger partial charge in [0.15, 0.2) is 0 Å². The van der Waals surface area contributed by atoms with E-state index in [9.17, 15) is 9.90 Å². The van der Waals surface area contributed by atoms with Gasteiger partial charge < -0.3 is 19.4 Å². The summed E-state index contributed by atoms with van der Waals surface area (Å²) < 4.78 is 5.09. The van der Waals surface area contributed by atoms with Gasteiger partial charge in [-0.05, 0) is 33.6 Å². The Morgan fingerprint density at radius 2 is 2.15 bits per heavy atom. The van der Waals surface area contributed by atoms with Crippen molar-refractivity contribution in [1.29, 1.82) is 0 Å². The average Bonchev–Trinajstić information content (AvgIpc) is 2.92. The Kier molecular flexibility index (Phi) is 4.95. The molecule has 3 rings (SSSR count). The molecule has 1 atom stereocenters. The van der Waals surface area contributed by atoms with Crippen molar-refractivity contribution in [1.82, 2.24) is 20.0 Å². The summed E-state index contributed by atoms with van der Waals surface area (Å²) in [5.41, 5.74) is 0.915. The SMILES string of the molecule is Cc1cc(N2CCC[C@@](O)(CN(C)C(=O)c3c(C)noc3C)C2)ncn1. The number of β-amino-alcohol motifs (C(OH)–C–C–N with tert-alkyl or cyclic N) is 1. The van der Waals surface area contributed by atoms with Crippen LogP contribution in [0.1, 0.15) is 40.3 Å². The van der Waals surface area contributed by atoms with Crippen LogP contribution in [0, 0.1) is 20.8 Å². The van der Waals surface area contributed by atoms with Crippen molar-refractivity contribution in [2.75, 3.05) is 31.6 Å². The molecule has 0 radical (unpaired) electrons. The number of carbonyl (C=O) groups is 1. The number of hydrogen-bond acceptors (Lipinski definition) is 7. The van der Waals surface area contributed by atoms with Crippen LogP contribution in [0.25, 0.3) is 0 Å². The quantitative estimate of drug-likeness (QED) is 0.883. The molecule has 2 aromatic rings. The van der Waals surface area contributed by atoms with Gasteiger partial charge in [-0.2, -0.15) is 0 Å². The second kappa shape index (κ2) is 7.03. The summed E-state index contributed by atoms with van der Waals surface area (Å²) in [4.78, 5) is 24.8. The minimum atomic E-state index is -1.000. The first-order valence-corrected chi connectivity index (χ1v) is 8.73. The standard InChI is InChI=1S/C18H25N5O3/c1-12-8-15(20-11-19-12)23-7-5-6-18(25,10-23)9-22(4)17(24)16-13(2)21-26-14(16)3/h8,11,25H,5-7,9-10H2,1-4H3/t18-/m1/s1. The van der Waals surface area contributed by atoms with Crippen LogP contribution in [-0.4, -0.2) is 63.3 Å². The molecule has 1 fully saturated rings. The van der Waals surface area contributed by atoms with Crippen molar-refractivity contribution in [3.05, 3.63) is 35.1 Å². The Morgan fingerprint density at radius 1 is 1.38 bits per heavy atom. The maximum absolute atomic E-state index is 12.7. The molecule has 1 saturated heterocycles. The van der Waals surface area contributed by atoms with Crippen LogP contribution in [0.3, 0.4) is 0 Å². The largest absolute Gasteiger partial charge is 0.386 e. The normalized spacial score (nSPS) is 20.3. The molecule has 140 valence electrons. The zero-order valence-corrected chi connectivity index (χ0v) is 15.7. The maximum Gasteiger partial charge on any atom is 0.259 e. The van der Waals surface area contributed by atoms with E-state index in [4.69, 9.17) is 4.52 Å². The van der Waals surface area contributed by atoms with Crippen molar-refractivity contribution in [2.24, 2.45) is 0 Å². The third-order valence-electron chi connectivity index (χ3n) is 4.79. The molecule has 0 saturated carbocycles. The number of nitrogens with zero attached hydrogens (tertiary/aromatic N) is 5. The van der Waals surface area contributed by atoms with Gasteiger partial charge in [-0.25, -0.2) is 9.97 Å². The molecule has 0 spiro atoms. The summed E-state index contributed by atoms with van der Waals surface area (Å²) in [5, 5.41) is 14.9. The van der Waals surface area contributed by atoms with Crippen molar-refractivity contribution < 1.29 is 14.4 Å². The number of amides is 1. The fourth-order valence-corrected chi connectivity index (χ4v) is 3.54. The van der Waals surface area contributed by atoms with E-state index >= 15 is 0 Å². The Bertz CT molecular complexity index is 786. The van der Waals surface area contributed by atoms with E-state index in [1.165, 1.54) is 6.33 Å². The molecule has 2 aromatic heterocycles. The van der Waals surface area contributed by atoms with Crippen LogP contribution in [-0.2, 0) is 0 Å². The first-order chi connectivity index (χ1) is 12.3. The molecule has 8 nitrogen and oxygen atoms in total. The first kappa shape index (κ1) is 18.3. The number of likely N-dealkylation sites (N-methyl/N-ethyl adjacent to an activating group) is 1. The lowest BCUT2D eigenvalue weighted by Crippen LogP contribution is -2.55. The highest BCUT2D eigenvalue weighted by molar-refractivity contribution is 5.96. The van der Waals surface area contributed by atoms with Gasteiger partial charge in [0.2, 0.25) is 0 Å². The van der Waals surface area contributed by atoms with E-state index in [1.807, 2.05) is 17.9 Å². The lowest BCUT2D eigenvalue weighted by molar-refractivity contribution is -0.000210. The smallest absolute Gasteiger partial charge is 0.259 e. The monoisotopic (exact) mass is 359 g/mol. The number of aliphatic hydroxyl groups is 1. The topological polar surface area (TPSA) is 95.6 Å². The minimum absolute atomic E-state index is 0.190. The van der Waals surface area contributed by atoms with Crippen molar-refractivity contribution in [2.45, 2.75) is 39.2 Å². The Hall–Kier alpha value is -2.48. The molecule has 26 heavy (non-hydrogen) atoms. The highest BCUT2D eigenvalue weighted by Crippen LogP contribution is 2.26. The molecule has 0 unspecified atom stereocenters. The third-order valence-corrected chi connectivity index (χ3v) is 4.79. The summed E-state index contributed by atoms with van der Waals surface area (Å²) in [6.45, 7) is 6.85. The highest BCUT2D eigenvalue weighted by atomic mass is 16.5. The molecule has 0 aromatic carbocycles. The fraction of sp³-hybridized carbons (Fsp3) is 0.556. The molecule has 1 aliphatic heterocycles. The van der Waals surface area contributed by atoms with E-state index in [-0.39, 0.29) is 12.5 Å². The van der Waals surface area contributed by atoms with Crippen LogP contribution in [0.2, 0.25) is 0 Å². The number of aryl methyl sites for hydroxylation is 3. The van der Waals surface area contributed by atoms with Gasteiger partial charge in [0.05, 0.1) is 17.8 Å². The third kappa shape index (κ3) is 3.70. The van der Waals surface area contributed by atoms with Crippen LogP contribution < -0.4 is 4.90 Å². The Morgan fingerprint density at radius 3 is 2.81 bits per heavy atom. The lowest BCUT2D eigenvalue weighted by atomic mass is 9.92. The number of aromatic nitrogens is 3. The van der Waals surface area contributed by atoms with Crippen molar-refractivity contribution >= 4 is 11.7 Å². The predicted molar refractivity (Wildman–Crippen MR) is 96.1 cm³/mol. The van der Waals surface area contributed by atoms with E-state index in [0.29, 0.717) is 30.0 Å². The Balaban J connectivity index is 1.72. The molecule has 0 bridgehead atoms. The number of anilines is 1. The molecule has 1 amide bonds. The van der Waals surface area contributed by atoms with Gasteiger partial charge >= 0.3 is 0 Å². The molecular formula is C18H25N5O3. The second-order valence-corrected chi connectivity index (χ2v) is 7.13. The highest BCUT2D eigenvalue weighted by Gasteiger charge is 2.36. The van der Waals surface area contributed by atoms with E-state index in [2.05, 4.69) is 15.1 Å².